The SMILES string of the molecule is Cn1c(NCCc2ccc(Br)s2)c(C#N)c(=O)n(C)c1=O. The number of nitriles is 1. The van der Waals surface area contributed by atoms with Gasteiger partial charge in [-0.15, -0.1) is 11.3 Å². The average Bonchev–Trinajstić information content (AvgIpc) is 2.88. The summed E-state index contributed by atoms with van der Waals surface area (Å²) in [6.45, 7) is 0.530. The minimum absolute atomic E-state index is 0.0491. The number of anilines is 1. The summed E-state index contributed by atoms with van der Waals surface area (Å²) in [6, 6.07) is 5.84. The normalized spacial score (nSPS) is 10.4. The fraction of sp³-hybridized carbons (Fsp3) is 0.308. The van der Waals surface area contributed by atoms with Crippen LogP contribution < -0.4 is 16.6 Å². The molecular formula is C13H13BrN4O2S. The Kier molecular flexibility index (Phi) is 4.65. The Morgan fingerprint density at radius 2 is 2.05 bits per heavy atom. The Morgan fingerprint density at radius 3 is 2.62 bits per heavy atom. The molecule has 2 aromatic heterocycles. The quantitative estimate of drug-likeness (QED) is 0.885. The summed E-state index contributed by atoms with van der Waals surface area (Å²) < 4.78 is 3.26. The minimum Gasteiger partial charge on any atom is -0.370 e. The average molecular weight is 369 g/mol. The van der Waals surface area contributed by atoms with E-state index in [4.69, 9.17) is 5.26 Å². The highest BCUT2D eigenvalue weighted by molar-refractivity contribution is 9.11. The van der Waals surface area contributed by atoms with Crippen molar-refractivity contribution >= 4 is 33.1 Å². The van der Waals surface area contributed by atoms with Crippen molar-refractivity contribution in [2.75, 3.05) is 11.9 Å². The van der Waals surface area contributed by atoms with E-state index in [-0.39, 0.29) is 11.4 Å². The van der Waals surface area contributed by atoms with Gasteiger partial charge in [0.15, 0.2) is 5.56 Å². The van der Waals surface area contributed by atoms with Gasteiger partial charge in [-0.05, 0) is 34.5 Å². The zero-order chi connectivity index (χ0) is 15.6. The van der Waals surface area contributed by atoms with E-state index in [9.17, 15) is 9.59 Å². The highest BCUT2D eigenvalue weighted by Crippen LogP contribution is 2.22. The van der Waals surface area contributed by atoms with Gasteiger partial charge in [0.1, 0.15) is 11.9 Å². The maximum Gasteiger partial charge on any atom is 0.332 e. The predicted molar refractivity (Wildman–Crippen MR) is 85.9 cm³/mol. The number of aromatic nitrogens is 2. The van der Waals surface area contributed by atoms with E-state index in [0.717, 1.165) is 14.8 Å². The van der Waals surface area contributed by atoms with Crippen LogP contribution in [0.2, 0.25) is 0 Å². The molecule has 2 rings (SSSR count). The van der Waals surface area contributed by atoms with Crippen molar-refractivity contribution in [3.63, 3.8) is 0 Å². The predicted octanol–water partition coefficient (Wildman–Crippen LogP) is 1.43. The van der Waals surface area contributed by atoms with Gasteiger partial charge in [0, 0.05) is 25.5 Å². The van der Waals surface area contributed by atoms with E-state index >= 15 is 0 Å². The first-order valence-corrected chi connectivity index (χ1v) is 7.75. The van der Waals surface area contributed by atoms with E-state index < -0.39 is 11.2 Å². The Labute approximate surface area is 133 Å². The smallest absolute Gasteiger partial charge is 0.332 e. The molecule has 110 valence electrons. The Balaban J connectivity index is 2.26. The van der Waals surface area contributed by atoms with Gasteiger partial charge in [0.25, 0.3) is 5.56 Å². The van der Waals surface area contributed by atoms with E-state index in [0.29, 0.717) is 6.54 Å². The summed E-state index contributed by atoms with van der Waals surface area (Å²) in [4.78, 5) is 25.0. The third kappa shape index (κ3) is 3.09. The first-order valence-electron chi connectivity index (χ1n) is 6.14. The summed E-state index contributed by atoms with van der Waals surface area (Å²) in [7, 11) is 2.89. The molecule has 0 saturated carbocycles. The first kappa shape index (κ1) is 15.5. The van der Waals surface area contributed by atoms with E-state index in [2.05, 4.69) is 21.2 Å². The van der Waals surface area contributed by atoms with Gasteiger partial charge in [0.05, 0.1) is 3.79 Å². The van der Waals surface area contributed by atoms with Crippen molar-refractivity contribution in [3.05, 3.63) is 47.2 Å². The first-order chi connectivity index (χ1) is 9.95. The van der Waals surface area contributed by atoms with Crippen molar-refractivity contribution in [1.29, 1.82) is 5.26 Å². The number of thiophene rings is 1. The summed E-state index contributed by atoms with van der Waals surface area (Å²) in [5.41, 5.74) is -1.09. The lowest BCUT2D eigenvalue weighted by Crippen LogP contribution is -2.40. The summed E-state index contributed by atoms with van der Waals surface area (Å²) >= 11 is 5.02. The molecule has 8 heteroatoms. The highest BCUT2D eigenvalue weighted by atomic mass is 79.9. The number of nitrogens with zero attached hydrogens (tertiary/aromatic N) is 3. The fourth-order valence-corrected chi connectivity index (χ4v) is 3.42. The van der Waals surface area contributed by atoms with Crippen molar-refractivity contribution in [3.8, 4) is 6.07 Å². The molecule has 0 aliphatic rings. The number of halogens is 1. The molecular weight excluding hydrogens is 356 g/mol. The van der Waals surface area contributed by atoms with Crippen LogP contribution in [-0.2, 0) is 20.5 Å². The molecule has 0 aliphatic heterocycles. The molecule has 0 fully saturated rings. The monoisotopic (exact) mass is 368 g/mol. The maximum absolute atomic E-state index is 11.9. The van der Waals surface area contributed by atoms with Crippen LogP contribution in [-0.4, -0.2) is 15.7 Å². The van der Waals surface area contributed by atoms with Crippen molar-refractivity contribution in [2.24, 2.45) is 14.1 Å². The number of rotatable bonds is 4. The number of hydrogen-bond donors (Lipinski definition) is 1. The van der Waals surface area contributed by atoms with Crippen LogP contribution in [0.15, 0.2) is 25.5 Å². The largest absolute Gasteiger partial charge is 0.370 e. The highest BCUT2D eigenvalue weighted by Gasteiger charge is 2.14. The van der Waals surface area contributed by atoms with E-state index in [1.165, 1.54) is 23.5 Å². The molecule has 0 amide bonds. The second-order valence-corrected chi connectivity index (χ2v) is 6.97. The van der Waals surface area contributed by atoms with E-state index in [1.54, 1.807) is 11.3 Å². The molecule has 0 aromatic carbocycles. The van der Waals surface area contributed by atoms with Gasteiger partial charge >= 0.3 is 5.69 Å². The molecule has 0 spiro atoms. The summed E-state index contributed by atoms with van der Waals surface area (Å²) in [5, 5.41) is 12.2. The van der Waals surface area contributed by atoms with Crippen molar-refractivity contribution in [2.45, 2.75) is 6.42 Å². The van der Waals surface area contributed by atoms with Gasteiger partial charge < -0.3 is 5.32 Å². The molecule has 0 radical (unpaired) electrons. The molecule has 0 aliphatic carbocycles. The Bertz CT molecular complexity index is 828. The van der Waals surface area contributed by atoms with Crippen LogP contribution in [0, 0.1) is 11.3 Å². The van der Waals surface area contributed by atoms with Crippen molar-refractivity contribution in [1.82, 2.24) is 9.13 Å². The molecule has 21 heavy (non-hydrogen) atoms. The zero-order valence-corrected chi connectivity index (χ0v) is 13.9. The van der Waals surface area contributed by atoms with Gasteiger partial charge in [-0.1, -0.05) is 0 Å². The third-order valence-corrected chi connectivity index (χ3v) is 4.75. The molecule has 0 bridgehead atoms. The topological polar surface area (TPSA) is 79.8 Å². The van der Waals surface area contributed by atoms with Gasteiger partial charge in [-0.2, -0.15) is 5.26 Å². The Hall–Kier alpha value is -1.85. The number of hydrogen-bond acceptors (Lipinski definition) is 5. The molecule has 0 unspecified atom stereocenters. The van der Waals surface area contributed by atoms with Gasteiger partial charge in [0.2, 0.25) is 0 Å². The van der Waals surface area contributed by atoms with E-state index in [1.807, 2.05) is 18.2 Å². The minimum atomic E-state index is -0.582. The van der Waals surface area contributed by atoms with Crippen LogP contribution in [0.25, 0.3) is 0 Å². The fourth-order valence-electron chi connectivity index (χ4n) is 1.94. The lowest BCUT2D eigenvalue weighted by molar-refractivity contribution is 0.685. The maximum atomic E-state index is 11.9. The standard InChI is InChI=1S/C13H13BrN4O2S/c1-17-11(9(7-15)12(19)18(2)13(17)20)16-6-5-8-3-4-10(14)21-8/h3-4,16H,5-6H2,1-2H3. The van der Waals surface area contributed by atoms with Crippen molar-refractivity contribution < 1.29 is 0 Å². The van der Waals surface area contributed by atoms with Crippen LogP contribution in [0.4, 0.5) is 5.82 Å². The number of nitrogens with one attached hydrogen (secondary N) is 1. The van der Waals surface area contributed by atoms with Crippen LogP contribution in [0.5, 0.6) is 0 Å². The van der Waals surface area contributed by atoms with Gasteiger partial charge in [-0.25, -0.2) is 4.79 Å². The second-order valence-electron chi connectivity index (χ2n) is 4.42. The molecule has 2 aromatic rings. The summed E-state index contributed by atoms with van der Waals surface area (Å²) in [5.74, 6) is 0.265. The van der Waals surface area contributed by atoms with Crippen LogP contribution in [0.1, 0.15) is 10.4 Å². The lowest BCUT2D eigenvalue weighted by atomic mass is 10.3. The lowest BCUT2D eigenvalue weighted by Gasteiger charge is -2.13. The third-order valence-electron chi connectivity index (χ3n) is 3.07. The van der Waals surface area contributed by atoms with Gasteiger partial charge in [-0.3, -0.25) is 13.9 Å². The molecule has 6 nitrogen and oxygen atoms in total. The van der Waals surface area contributed by atoms with Crippen LogP contribution in [0.3, 0.4) is 0 Å². The molecule has 1 N–H and O–H groups in total. The molecule has 0 saturated heterocycles. The second kappa shape index (κ2) is 6.28. The molecule has 0 atom stereocenters. The zero-order valence-electron chi connectivity index (χ0n) is 11.5. The Morgan fingerprint density at radius 1 is 1.33 bits per heavy atom. The molecule has 2 heterocycles. The van der Waals surface area contributed by atoms with Crippen LogP contribution >= 0.6 is 27.3 Å². The summed E-state index contributed by atoms with van der Waals surface area (Å²) in [6.07, 6.45) is 0.741.